The zero-order valence-corrected chi connectivity index (χ0v) is 21.8. The molecule has 5 rings (SSSR count). The Kier molecular flexibility index (Phi) is 7.06. The van der Waals surface area contributed by atoms with Crippen LogP contribution in [0.15, 0.2) is 79.3 Å². The molecule has 1 N–H and O–H groups in total. The van der Waals surface area contributed by atoms with E-state index in [1.807, 2.05) is 26.8 Å². The summed E-state index contributed by atoms with van der Waals surface area (Å²) in [4.78, 5) is 17.3. The lowest BCUT2D eigenvalue weighted by Crippen LogP contribution is -2.13. The second-order valence-corrected chi connectivity index (χ2v) is 10.3. The first kappa shape index (κ1) is 26.0. The molecular weight excluding hydrogens is 500 g/mol. The van der Waals surface area contributed by atoms with Gasteiger partial charge in [-0.1, -0.05) is 32.9 Å². The van der Waals surface area contributed by atoms with Gasteiger partial charge < -0.3 is 4.74 Å². The molecule has 0 bridgehead atoms. The summed E-state index contributed by atoms with van der Waals surface area (Å²) in [5, 5.41) is 11.3. The number of Topliss-reactive ketones (excluding diaryl/α,β-unsaturated/α-hetero) is 1. The van der Waals surface area contributed by atoms with E-state index in [1.54, 1.807) is 59.7 Å². The minimum absolute atomic E-state index is 0.0189. The topological polar surface area (TPSA) is 85.7 Å². The molecule has 3 heterocycles. The third kappa shape index (κ3) is 6.09. The number of hydrogen-bond acceptors (Lipinski definition) is 5. The third-order valence-corrected chi connectivity index (χ3v) is 6.16. The molecule has 0 radical (unpaired) electrons. The molecule has 2 aromatic carbocycles. The van der Waals surface area contributed by atoms with Crippen LogP contribution in [-0.4, -0.2) is 30.7 Å². The molecule has 0 aliphatic carbocycles. The molecule has 0 aliphatic heterocycles. The molecule has 3 aromatic heterocycles. The monoisotopic (exact) mass is 527 g/mol. The Morgan fingerprint density at radius 2 is 1.82 bits per heavy atom. The zero-order chi connectivity index (χ0) is 27.6. The Bertz CT molecular complexity index is 1620. The second kappa shape index (κ2) is 10.6. The average Bonchev–Trinajstić information content (AvgIpc) is 3.57. The number of halogens is 2. The summed E-state index contributed by atoms with van der Waals surface area (Å²) < 4.78 is 36.3. The van der Waals surface area contributed by atoms with Crippen molar-refractivity contribution in [3.8, 4) is 28.4 Å². The molecule has 7 nitrogen and oxygen atoms in total. The summed E-state index contributed by atoms with van der Waals surface area (Å²) in [6.07, 6.45) is 4.87. The Labute approximate surface area is 224 Å². The molecule has 5 aromatic rings. The van der Waals surface area contributed by atoms with Crippen molar-refractivity contribution in [1.82, 2.24) is 25.0 Å². The van der Waals surface area contributed by atoms with Crippen LogP contribution in [0.5, 0.6) is 11.5 Å². The number of ether oxygens (including phenoxy) is 1. The van der Waals surface area contributed by atoms with E-state index in [-0.39, 0.29) is 29.6 Å². The second-order valence-electron chi connectivity index (χ2n) is 10.3. The molecule has 39 heavy (non-hydrogen) atoms. The van der Waals surface area contributed by atoms with Crippen molar-refractivity contribution in [2.45, 2.75) is 39.0 Å². The van der Waals surface area contributed by atoms with Crippen LogP contribution in [-0.2, 0) is 23.1 Å². The predicted molar refractivity (Wildman–Crippen MR) is 143 cm³/mol. The number of nitrogens with one attached hydrogen (secondary N) is 1. The maximum absolute atomic E-state index is 15.0. The van der Waals surface area contributed by atoms with Crippen LogP contribution in [0.1, 0.15) is 37.7 Å². The highest BCUT2D eigenvalue weighted by atomic mass is 19.1. The van der Waals surface area contributed by atoms with Crippen LogP contribution in [0.4, 0.5) is 8.78 Å². The van der Waals surface area contributed by atoms with E-state index >= 15 is 0 Å². The summed E-state index contributed by atoms with van der Waals surface area (Å²) in [5.41, 5.74) is 3.36. The summed E-state index contributed by atoms with van der Waals surface area (Å²) in [6.45, 7) is 6.04. The number of aromatic amines is 1. The molecule has 0 saturated heterocycles. The van der Waals surface area contributed by atoms with Crippen molar-refractivity contribution in [2.75, 3.05) is 0 Å². The van der Waals surface area contributed by atoms with Gasteiger partial charge >= 0.3 is 0 Å². The van der Waals surface area contributed by atoms with E-state index in [9.17, 15) is 13.6 Å². The van der Waals surface area contributed by atoms with Crippen molar-refractivity contribution in [1.29, 1.82) is 0 Å². The molecule has 0 spiro atoms. The van der Waals surface area contributed by atoms with Gasteiger partial charge in [0.05, 0.1) is 29.0 Å². The first-order valence-electron chi connectivity index (χ1n) is 12.4. The zero-order valence-electron chi connectivity index (χ0n) is 21.8. The quantitative estimate of drug-likeness (QED) is 0.253. The lowest BCUT2D eigenvalue weighted by atomic mass is 9.92. The van der Waals surface area contributed by atoms with Crippen molar-refractivity contribution in [3.05, 3.63) is 108 Å². The van der Waals surface area contributed by atoms with Gasteiger partial charge in [0.15, 0.2) is 0 Å². The molecule has 0 saturated carbocycles. The van der Waals surface area contributed by atoms with Crippen LogP contribution in [0.25, 0.3) is 16.9 Å². The number of hydrogen-bond donors (Lipinski definition) is 1. The van der Waals surface area contributed by atoms with Gasteiger partial charge in [0.25, 0.3) is 0 Å². The van der Waals surface area contributed by atoms with E-state index in [0.29, 0.717) is 28.6 Å². The van der Waals surface area contributed by atoms with Crippen molar-refractivity contribution in [2.24, 2.45) is 0 Å². The maximum Gasteiger partial charge on any atom is 0.143 e. The highest BCUT2D eigenvalue weighted by Crippen LogP contribution is 2.28. The molecule has 0 aliphatic rings. The standard InChI is InChI=1S/C30H27F2N5O2/c1-30(2,3)29-14-23(37(36-29)22-6-4-5-21(31)12-22)13-24(38)11-19-7-8-25(15-27(19)32)39-26-9-10-33-28(16-26)20-17-34-35-18-20/h4-10,12,14-18H,11,13H2,1-3H3,(H,34,35). The van der Waals surface area contributed by atoms with Gasteiger partial charge in [0.1, 0.15) is 28.9 Å². The van der Waals surface area contributed by atoms with E-state index in [1.165, 1.54) is 18.2 Å². The highest BCUT2D eigenvalue weighted by Gasteiger charge is 2.22. The number of pyridine rings is 1. The molecule has 9 heteroatoms. The number of benzene rings is 2. The van der Waals surface area contributed by atoms with Crippen LogP contribution in [0, 0.1) is 11.6 Å². The van der Waals surface area contributed by atoms with E-state index < -0.39 is 11.6 Å². The van der Waals surface area contributed by atoms with E-state index in [4.69, 9.17) is 4.74 Å². The molecule has 198 valence electrons. The smallest absolute Gasteiger partial charge is 0.143 e. The highest BCUT2D eigenvalue weighted by molar-refractivity contribution is 5.83. The largest absolute Gasteiger partial charge is 0.457 e. The first-order valence-corrected chi connectivity index (χ1v) is 12.4. The number of carbonyl (C=O) groups excluding carboxylic acids is 1. The number of H-pyrrole nitrogens is 1. The minimum atomic E-state index is -0.543. The van der Waals surface area contributed by atoms with Crippen molar-refractivity contribution >= 4 is 5.78 Å². The Morgan fingerprint density at radius 3 is 2.54 bits per heavy atom. The number of ketones is 1. The van der Waals surface area contributed by atoms with Crippen molar-refractivity contribution < 1.29 is 18.3 Å². The number of nitrogens with zero attached hydrogens (tertiary/aromatic N) is 4. The maximum atomic E-state index is 15.0. The van der Waals surface area contributed by atoms with Gasteiger partial charge in [-0.3, -0.25) is 14.9 Å². The molecule has 0 unspecified atom stereocenters. The van der Waals surface area contributed by atoms with Crippen LogP contribution < -0.4 is 4.74 Å². The lowest BCUT2D eigenvalue weighted by Gasteiger charge is -2.14. The number of aromatic nitrogens is 5. The van der Waals surface area contributed by atoms with Gasteiger partial charge in [-0.2, -0.15) is 10.2 Å². The summed E-state index contributed by atoms with van der Waals surface area (Å²) >= 11 is 0. The summed E-state index contributed by atoms with van der Waals surface area (Å²) in [6, 6.07) is 15.7. The van der Waals surface area contributed by atoms with Crippen LogP contribution >= 0.6 is 0 Å². The van der Waals surface area contributed by atoms with Gasteiger partial charge in [-0.25, -0.2) is 13.5 Å². The van der Waals surface area contributed by atoms with E-state index in [2.05, 4.69) is 20.3 Å². The van der Waals surface area contributed by atoms with Crippen LogP contribution in [0.3, 0.4) is 0 Å². The Morgan fingerprint density at radius 1 is 1.00 bits per heavy atom. The van der Waals surface area contributed by atoms with Crippen LogP contribution in [0.2, 0.25) is 0 Å². The lowest BCUT2D eigenvalue weighted by molar-refractivity contribution is -0.117. The minimum Gasteiger partial charge on any atom is -0.457 e. The summed E-state index contributed by atoms with van der Waals surface area (Å²) in [5.74, 6) is -0.346. The normalized spacial score (nSPS) is 11.5. The molecule has 0 atom stereocenters. The Balaban J connectivity index is 1.31. The van der Waals surface area contributed by atoms with Gasteiger partial charge in [0.2, 0.25) is 0 Å². The number of carbonyl (C=O) groups is 1. The number of rotatable bonds is 8. The third-order valence-electron chi connectivity index (χ3n) is 6.16. The van der Waals surface area contributed by atoms with E-state index in [0.717, 1.165) is 11.3 Å². The molecular formula is C30H27F2N5O2. The molecule has 0 fully saturated rings. The summed E-state index contributed by atoms with van der Waals surface area (Å²) in [7, 11) is 0. The van der Waals surface area contributed by atoms with Gasteiger partial charge in [0, 0.05) is 48.3 Å². The van der Waals surface area contributed by atoms with Gasteiger partial charge in [-0.05, 0) is 42.0 Å². The predicted octanol–water partition coefficient (Wildman–Crippen LogP) is 6.38. The van der Waals surface area contributed by atoms with Gasteiger partial charge in [-0.15, -0.1) is 0 Å². The first-order chi connectivity index (χ1) is 18.7. The SMILES string of the molecule is CC(C)(C)c1cc(CC(=O)Cc2ccc(Oc3ccnc(-c4cn[nH]c4)c3)cc2F)n(-c2cccc(F)c2)n1. The Hall–Kier alpha value is -4.66. The fourth-order valence-electron chi connectivity index (χ4n) is 4.12. The molecule has 0 amide bonds. The fourth-order valence-corrected chi connectivity index (χ4v) is 4.12. The fraction of sp³-hybridized carbons (Fsp3) is 0.200. The van der Waals surface area contributed by atoms with Crippen molar-refractivity contribution in [3.63, 3.8) is 0 Å². The average molecular weight is 528 g/mol.